The summed E-state index contributed by atoms with van der Waals surface area (Å²) in [7, 11) is 0. The van der Waals surface area contributed by atoms with E-state index < -0.39 is 11.5 Å². The lowest BCUT2D eigenvalue weighted by Gasteiger charge is -2.04. The summed E-state index contributed by atoms with van der Waals surface area (Å²) in [5.41, 5.74) is -0.616. The van der Waals surface area contributed by atoms with Crippen molar-refractivity contribution in [3.63, 3.8) is 0 Å². The molecule has 3 aromatic rings. The maximum atomic E-state index is 12.2. The molecule has 3 heterocycles. The number of hydrogen-bond donors (Lipinski definition) is 2. The number of aromatic nitrogens is 7. The Morgan fingerprint density at radius 2 is 2.22 bits per heavy atom. The molecule has 0 saturated heterocycles. The molecule has 1 fully saturated rings. The van der Waals surface area contributed by atoms with E-state index in [1.165, 1.54) is 36.4 Å². The summed E-state index contributed by atoms with van der Waals surface area (Å²) >= 11 is 0. The van der Waals surface area contributed by atoms with E-state index in [9.17, 15) is 9.59 Å². The van der Waals surface area contributed by atoms with Crippen LogP contribution in [0.3, 0.4) is 0 Å². The minimum atomic E-state index is -0.553. The molecule has 1 saturated carbocycles. The molecule has 11 nitrogen and oxygen atoms in total. The van der Waals surface area contributed by atoms with Gasteiger partial charge in [0, 0.05) is 12.1 Å². The van der Waals surface area contributed by atoms with Gasteiger partial charge in [0.05, 0.1) is 6.54 Å². The van der Waals surface area contributed by atoms with Gasteiger partial charge in [-0.3, -0.25) is 9.59 Å². The summed E-state index contributed by atoms with van der Waals surface area (Å²) < 4.78 is 6.78. The van der Waals surface area contributed by atoms with Crippen molar-refractivity contribution in [2.75, 3.05) is 0 Å². The molecule has 11 heteroatoms. The molecule has 0 spiro atoms. The van der Waals surface area contributed by atoms with Crippen LogP contribution < -0.4 is 10.9 Å². The molecule has 1 aliphatic rings. The third-order valence-corrected chi connectivity index (χ3v) is 4.47. The molecule has 0 unspecified atom stereocenters. The van der Waals surface area contributed by atoms with Crippen LogP contribution in [0.5, 0.6) is 0 Å². The molecule has 1 amide bonds. The first-order valence-corrected chi connectivity index (χ1v) is 8.70. The van der Waals surface area contributed by atoms with E-state index in [-0.39, 0.29) is 18.7 Å². The Labute approximate surface area is 153 Å². The van der Waals surface area contributed by atoms with E-state index in [0.717, 1.165) is 12.8 Å². The molecule has 3 aromatic heterocycles. The molecular formula is C16H18N8O3. The Kier molecular flexibility index (Phi) is 4.73. The highest BCUT2D eigenvalue weighted by Crippen LogP contribution is 2.32. The Balaban J connectivity index is 1.37. The van der Waals surface area contributed by atoms with E-state index in [4.69, 9.17) is 4.52 Å². The number of amides is 1. The largest absolute Gasteiger partial charge is 0.344 e. The van der Waals surface area contributed by atoms with Crippen molar-refractivity contribution in [2.45, 2.75) is 44.7 Å². The van der Waals surface area contributed by atoms with Gasteiger partial charge in [0.15, 0.2) is 5.82 Å². The Morgan fingerprint density at radius 3 is 2.96 bits per heavy atom. The summed E-state index contributed by atoms with van der Waals surface area (Å²) in [4.78, 5) is 39.2. The second kappa shape index (κ2) is 7.48. The molecule has 0 aromatic carbocycles. The molecule has 27 heavy (non-hydrogen) atoms. The number of carbonyl (C=O) groups is 1. The van der Waals surface area contributed by atoms with Crippen molar-refractivity contribution in [3.05, 3.63) is 52.3 Å². The lowest BCUT2D eigenvalue weighted by molar-refractivity contribution is 0.0947. The van der Waals surface area contributed by atoms with Crippen molar-refractivity contribution >= 4 is 5.91 Å². The highest BCUT2D eigenvalue weighted by atomic mass is 16.5. The molecular weight excluding hydrogens is 352 g/mol. The minimum absolute atomic E-state index is 0.0786. The zero-order valence-electron chi connectivity index (χ0n) is 14.5. The second-order valence-electron chi connectivity index (χ2n) is 6.38. The smallest absolute Gasteiger partial charge is 0.263 e. The van der Waals surface area contributed by atoms with Gasteiger partial charge in [0.25, 0.3) is 11.5 Å². The first-order chi connectivity index (χ1) is 13.2. The molecule has 4 rings (SSSR count). The van der Waals surface area contributed by atoms with Crippen molar-refractivity contribution in [1.82, 2.24) is 40.2 Å². The maximum absolute atomic E-state index is 12.2. The fourth-order valence-electron chi connectivity index (χ4n) is 3.07. The van der Waals surface area contributed by atoms with Gasteiger partial charge < -0.3 is 14.8 Å². The highest BCUT2D eigenvalue weighted by Gasteiger charge is 2.23. The van der Waals surface area contributed by atoms with Crippen LogP contribution in [-0.4, -0.2) is 40.8 Å². The lowest BCUT2D eigenvalue weighted by Crippen LogP contribution is -2.30. The van der Waals surface area contributed by atoms with E-state index in [0.29, 0.717) is 23.5 Å². The van der Waals surface area contributed by atoms with Gasteiger partial charge in [0.1, 0.15) is 30.6 Å². The minimum Gasteiger partial charge on any atom is -0.344 e. The van der Waals surface area contributed by atoms with E-state index in [1.807, 2.05) is 0 Å². The molecule has 0 aliphatic heterocycles. The van der Waals surface area contributed by atoms with E-state index in [2.05, 4.69) is 35.5 Å². The normalized spacial score (nSPS) is 14.5. The zero-order chi connectivity index (χ0) is 18.6. The SMILES string of the molecule is O=C(NCc1noc(C2CCCC2)n1)c1cnc(Cn2cncn2)[nH]c1=O. The van der Waals surface area contributed by atoms with Crippen LogP contribution in [-0.2, 0) is 13.1 Å². The number of aromatic amines is 1. The van der Waals surface area contributed by atoms with Gasteiger partial charge in [-0.25, -0.2) is 14.6 Å². The number of H-pyrrole nitrogens is 1. The van der Waals surface area contributed by atoms with Gasteiger partial charge in [-0.1, -0.05) is 18.0 Å². The Bertz CT molecular complexity index is 972. The maximum Gasteiger partial charge on any atom is 0.263 e. The van der Waals surface area contributed by atoms with Gasteiger partial charge in [-0.2, -0.15) is 10.1 Å². The number of nitrogens with zero attached hydrogens (tertiary/aromatic N) is 6. The van der Waals surface area contributed by atoms with Gasteiger partial charge in [-0.15, -0.1) is 0 Å². The number of carbonyl (C=O) groups excluding carboxylic acids is 1. The number of rotatable bonds is 6. The van der Waals surface area contributed by atoms with Crippen LogP contribution >= 0.6 is 0 Å². The van der Waals surface area contributed by atoms with Gasteiger partial charge in [-0.05, 0) is 12.8 Å². The average Bonchev–Trinajstić information content (AvgIpc) is 3.41. The second-order valence-corrected chi connectivity index (χ2v) is 6.38. The zero-order valence-corrected chi connectivity index (χ0v) is 14.5. The predicted octanol–water partition coefficient (Wildman–Crippen LogP) is 0.380. The van der Waals surface area contributed by atoms with Crippen molar-refractivity contribution in [3.8, 4) is 0 Å². The van der Waals surface area contributed by atoms with Crippen molar-refractivity contribution in [1.29, 1.82) is 0 Å². The number of hydrogen-bond acceptors (Lipinski definition) is 8. The van der Waals surface area contributed by atoms with Crippen LogP contribution in [0.2, 0.25) is 0 Å². The topological polar surface area (TPSA) is 144 Å². The van der Waals surface area contributed by atoms with Crippen LogP contribution in [0, 0.1) is 0 Å². The van der Waals surface area contributed by atoms with E-state index >= 15 is 0 Å². The molecule has 2 N–H and O–H groups in total. The lowest BCUT2D eigenvalue weighted by atomic mass is 10.1. The van der Waals surface area contributed by atoms with Crippen molar-refractivity contribution < 1.29 is 9.32 Å². The summed E-state index contributed by atoms with van der Waals surface area (Å²) in [5, 5.41) is 10.4. The van der Waals surface area contributed by atoms with Crippen LogP contribution in [0.4, 0.5) is 0 Å². The molecule has 140 valence electrons. The van der Waals surface area contributed by atoms with Crippen molar-refractivity contribution in [2.24, 2.45) is 0 Å². The van der Waals surface area contributed by atoms with Gasteiger partial charge in [0.2, 0.25) is 5.89 Å². The van der Waals surface area contributed by atoms with Gasteiger partial charge >= 0.3 is 0 Å². The average molecular weight is 370 g/mol. The summed E-state index contributed by atoms with van der Waals surface area (Å²) in [5.74, 6) is 1.14. The first-order valence-electron chi connectivity index (χ1n) is 8.70. The van der Waals surface area contributed by atoms with E-state index in [1.54, 1.807) is 0 Å². The molecule has 0 bridgehead atoms. The summed E-state index contributed by atoms with van der Waals surface area (Å²) in [6, 6.07) is 0. The quantitative estimate of drug-likeness (QED) is 0.633. The Hall–Kier alpha value is -3.37. The fourth-order valence-corrected chi connectivity index (χ4v) is 3.07. The fraction of sp³-hybridized carbons (Fsp3) is 0.438. The highest BCUT2D eigenvalue weighted by molar-refractivity contribution is 5.93. The summed E-state index contributed by atoms with van der Waals surface area (Å²) in [6.45, 7) is 0.332. The van der Waals surface area contributed by atoms with Crippen LogP contribution in [0.25, 0.3) is 0 Å². The Morgan fingerprint density at radius 1 is 1.37 bits per heavy atom. The predicted molar refractivity (Wildman–Crippen MR) is 90.7 cm³/mol. The standard InChI is InChI=1S/C16H18N8O3/c25-14(19-6-12-22-16(27-23-12)10-3-1-2-4-10)11-5-18-13(21-15(11)26)7-24-9-17-8-20-24/h5,8-10H,1-4,6-7H2,(H,19,25)(H,18,21,26). The van der Waals surface area contributed by atoms with Crippen LogP contribution in [0.1, 0.15) is 59.5 Å². The summed E-state index contributed by atoms with van der Waals surface area (Å²) in [6.07, 6.45) is 8.57. The molecule has 1 aliphatic carbocycles. The molecule has 0 radical (unpaired) electrons. The first kappa shape index (κ1) is 17.1. The third-order valence-electron chi connectivity index (χ3n) is 4.47. The van der Waals surface area contributed by atoms with Crippen LogP contribution in [0.15, 0.2) is 28.2 Å². The third kappa shape index (κ3) is 3.91. The number of nitrogens with one attached hydrogen (secondary N) is 2. The molecule has 0 atom stereocenters. The monoisotopic (exact) mass is 370 g/mol.